The summed E-state index contributed by atoms with van der Waals surface area (Å²) in [5.74, 6) is 0. The second-order valence-electron chi connectivity index (χ2n) is 10.7. The monoisotopic (exact) mass is 496 g/mol. The minimum absolute atomic E-state index is 0.0656. The molecular weight excluding hydrogens is 444 g/mol. The highest BCUT2D eigenvalue weighted by Gasteiger charge is 2.29. The second-order valence-corrected chi connectivity index (χ2v) is 12.2. The molecule has 0 aliphatic heterocycles. The van der Waals surface area contributed by atoms with Crippen LogP contribution in [0.5, 0.6) is 0 Å². The van der Waals surface area contributed by atoms with Gasteiger partial charge in [-0.05, 0) is 43.0 Å². The van der Waals surface area contributed by atoms with Gasteiger partial charge in [0.2, 0.25) is 0 Å². The van der Waals surface area contributed by atoms with E-state index in [0.717, 1.165) is 30.4 Å². The number of aryl methyl sites for hydroxylation is 1. The molecule has 0 saturated carbocycles. The number of aliphatic hydroxyl groups excluding tert-OH is 1. The van der Waals surface area contributed by atoms with E-state index < -0.39 is 21.6 Å². The summed E-state index contributed by atoms with van der Waals surface area (Å²) in [5, 5.41) is 10.2. The average molecular weight is 497 g/mol. The van der Waals surface area contributed by atoms with Crippen LogP contribution in [0.15, 0.2) is 23.1 Å². The average Bonchev–Trinajstić information content (AvgIpc) is 2.77. The normalized spacial score (nSPS) is 13.4. The van der Waals surface area contributed by atoms with Crippen molar-refractivity contribution in [1.82, 2.24) is 0 Å². The third kappa shape index (κ3) is 12.2. The van der Waals surface area contributed by atoms with Crippen molar-refractivity contribution in [1.29, 1.82) is 0 Å². The topological polar surface area (TPSA) is 74.6 Å². The van der Waals surface area contributed by atoms with E-state index in [1.165, 1.54) is 96.0 Å². The van der Waals surface area contributed by atoms with Crippen LogP contribution in [0.3, 0.4) is 0 Å². The predicted molar refractivity (Wildman–Crippen MR) is 144 cm³/mol. The smallest absolute Gasteiger partial charge is 0.294 e. The Hall–Kier alpha value is -0.910. The van der Waals surface area contributed by atoms with Crippen LogP contribution in [-0.2, 0) is 22.0 Å². The number of hydrogen-bond donors (Lipinski definition) is 2. The third-order valence-corrected chi connectivity index (χ3v) is 8.26. The van der Waals surface area contributed by atoms with Crippen LogP contribution in [-0.4, -0.2) is 24.2 Å². The largest absolute Gasteiger partial charge is 0.393 e. The molecule has 0 bridgehead atoms. The molecule has 1 aromatic rings. The first kappa shape index (κ1) is 31.1. The molecule has 1 rings (SSSR count). The first-order chi connectivity index (χ1) is 16.1. The molecule has 0 aliphatic rings. The van der Waals surface area contributed by atoms with Gasteiger partial charge in [-0.2, -0.15) is 8.42 Å². The molecule has 4 nitrogen and oxygen atoms in total. The summed E-state index contributed by atoms with van der Waals surface area (Å²) in [6.45, 7) is 7.97. The zero-order valence-electron chi connectivity index (χ0n) is 22.4. The molecule has 0 aromatic heterocycles. The molecule has 34 heavy (non-hydrogen) atoms. The Balaban J connectivity index is 2.26. The van der Waals surface area contributed by atoms with Crippen LogP contribution >= 0.6 is 0 Å². The summed E-state index contributed by atoms with van der Waals surface area (Å²) in [7, 11) is -4.23. The van der Waals surface area contributed by atoms with Crippen molar-refractivity contribution >= 4 is 10.1 Å². The molecule has 1 unspecified atom stereocenters. The van der Waals surface area contributed by atoms with Crippen LogP contribution < -0.4 is 0 Å². The van der Waals surface area contributed by atoms with Gasteiger partial charge >= 0.3 is 0 Å². The molecule has 0 amide bonds. The van der Waals surface area contributed by atoms with Gasteiger partial charge in [0, 0.05) is 5.41 Å². The fraction of sp³-hybridized carbons (Fsp3) is 0.793. The first-order valence-corrected chi connectivity index (χ1v) is 15.3. The maximum atomic E-state index is 11.6. The van der Waals surface area contributed by atoms with Gasteiger partial charge in [0.15, 0.2) is 0 Å². The van der Waals surface area contributed by atoms with Crippen LogP contribution in [0.2, 0.25) is 0 Å². The SMILES string of the molecule is CCCCCCCCCCCCCCCCCCc1cc(S(=O)(=O)O)ccc1C(C)(C)C(C)O. The van der Waals surface area contributed by atoms with Gasteiger partial charge < -0.3 is 5.11 Å². The number of aliphatic hydroxyl groups is 1. The maximum Gasteiger partial charge on any atom is 0.294 e. The van der Waals surface area contributed by atoms with Crippen LogP contribution in [0.1, 0.15) is 142 Å². The minimum Gasteiger partial charge on any atom is -0.393 e. The Kier molecular flexibility index (Phi) is 15.3. The van der Waals surface area contributed by atoms with Crippen LogP contribution in [0.25, 0.3) is 0 Å². The molecule has 0 aliphatic carbocycles. The molecule has 2 N–H and O–H groups in total. The highest BCUT2D eigenvalue weighted by molar-refractivity contribution is 7.85. The van der Waals surface area contributed by atoms with Gasteiger partial charge in [-0.15, -0.1) is 0 Å². The Morgan fingerprint density at radius 1 is 0.765 bits per heavy atom. The van der Waals surface area contributed by atoms with Gasteiger partial charge in [0.25, 0.3) is 10.1 Å². The molecule has 198 valence electrons. The summed E-state index contributed by atoms with van der Waals surface area (Å²) >= 11 is 0. The second kappa shape index (κ2) is 16.7. The number of benzene rings is 1. The fourth-order valence-corrected chi connectivity index (χ4v) is 5.19. The van der Waals surface area contributed by atoms with Gasteiger partial charge in [-0.25, -0.2) is 0 Å². The maximum absolute atomic E-state index is 11.6. The van der Waals surface area contributed by atoms with E-state index >= 15 is 0 Å². The standard InChI is InChI=1S/C29H52O4S/c1-5-6-7-8-9-10-11-12-13-14-15-16-17-18-19-20-21-26-24-27(34(31,32)33)22-23-28(26)29(3,4)25(2)30/h22-25,30H,5-21H2,1-4H3,(H,31,32,33). The first-order valence-electron chi connectivity index (χ1n) is 13.9. The van der Waals surface area contributed by atoms with E-state index in [0.29, 0.717) is 0 Å². The third-order valence-electron chi connectivity index (χ3n) is 7.41. The number of unbranched alkanes of at least 4 members (excludes halogenated alkanes) is 15. The fourth-order valence-electron chi connectivity index (χ4n) is 4.65. The summed E-state index contributed by atoms with van der Waals surface area (Å²) in [6.07, 6.45) is 21.3. The zero-order chi connectivity index (χ0) is 25.5. The van der Waals surface area contributed by atoms with Crippen molar-refractivity contribution in [3.05, 3.63) is 29.3 Å². The van der Waals surface area contributed by atoms with Gasteiger partial charge in [-0.3, -0.25) is 4.55 Å². The molecule has 0 heterocycles. The molecule has 1 atom stereocenters. The number of rotatable bonds is 20. The van der Waals surface area contributed by atoms with E-state index in [4.69, 9.17) is 0 Å². The Morgan fingerprint density at radius 3 is 1.56 bits per heavy atom. The lowest BCUT2D eigenvalue weighted by molar-refractivity contribution is 0.117. The molecule has 0 radical (unpaired) electrons. The van der Waals surface area contributed by atoms with E-state index in [1.807, 2.05) is 13.8 Å². The quantitative estimate of drug-likeness (QED) is 0.140. The lowest BCUT2D eigenvalue weighted by Gasteiger charge is -2.31. The van der Waals surface area contributed by atoms with E-state index in [1.54, 1.807) is 19.1 Å². The molecule has 0 fully saturated rings. The van der Waals surface area contributed by atoms with E-state index in [-0.39, 0.29) is 4.90 Å². The van der Waals surface area contributed by atoms with Crippen LogP contribution in [0, 0.1) is 0 Å². The molecule has 5 heteroatoms. The van der Waals surface area contributed by atoms with Gasteiger partial charge in [0.1, 0.15) is 0 Å². The zero-order valence-corrected chi connectivity index (χ0v) is 23.3. The lowest BCUT2D eigenvalue weighted by atomic mass is 9.77. The van der Waals surface area contributed by atoms with E-state index in [9.17, 15) is 18.1 Å². The highest BCUT2D eigenvalue weighted by atomic mass is 32.2. The van der Waals surface area contributed by atoms with Gasteiger partial charge in [0.05, 0.1) is 11.0 Å². The van der Waals surface area contributed by atoms with Crippen LogP contribution in [0.4, 0.5) is 0 Å². The van der Waals surface area contributed by atoms with Gasteiger partial charge in [-0.1, -0.05) is 123 Å². The Morgan fingerprint density at radius 2 is 1.18 bits per heavy atom. The highest BCUT2D eigenvalue weighted by Crippen LogP contribution is 2.32. The minimum atomic E-state index is -4.23. The van der Waals surface area contributed by atoms with Crippen molar-refractivity contribution in [3.63, 3.8) is 0 Å². The van der Waals surface area contributed by atoms with Crippen molar-refractivity contribution in [3.8, 4) is 0 Å². The van der Waals surface area contributed by atoms with Crippen molar-refractivity contribution < 1.29 is 18.1 Å². The summed E-state index contributed by atoms with van der Waals surface area (Å²) in [4.78, 5) is -0.0656. The van der Waals surface area contributed by atoms with Crippen molar-refractivity contribution in [2.75, 3.05) is 0 Å². The molecular formula is C29H52O4S. The summed E-state index contributed by atoms with van der Waals surface area (Å²) in [6, 6.07) is 4.77. The molecule has 0 spiro atoms. The predicted octanol–water partition coefficient (Wildman–Crippen LogP) is 8.40. The van der Waals surface area contributed by atoms with E-state index in [2.05, 4.69) is 6.92 Å². The summed E-state index contributed by atoms with van der Waals surface area (Å²) < 4.78 is 32.7. The Labute approximate surface area is 210 Å². The number of hydrogen-bond acceptors (Lipinski definition) is 3. The molecule has 1 aromatic carbocycles. The molecule has 0 saturated heterocycles. The Bertz CT molecular complexity index is 768. The van der Waals surface area contributed by atoms with Crippen molar-refractivity contribution in [2.24, 2.45) is 0 Å². The summed E-state index contributed by atoms with van der Waals surface area (Å²) in [5.41, 5.74) is 1.38. The van der Waals surface area contributed by atoms with Crippen molar-refractivity contribution in [2.45, 2.75) is 153 Å². The lowest BCUT2D eigenvalue weighted by Crippen LogP contribution is -2.32.